The van der Waals surface area contributed by atoms with Gasteiger partial charge in [0.05, 0.1) is 23.3 Å². The number of aryl methyl sites for hydroxylation is 2. The van der Waals surface area contributed by atoms with Gasteiger partial charge in [-0.15, -0.1) is 0 Å². The maximum Gasteiger partial charge on any atom is 0.360 e. The number of carbonyl (C=O) groups excluding carboxylic acids is 1. The molecule has 0 amide bonds. The number of benzene rings is 2. The summed E-state index contributed by atoms with van der Waals surface area (Å²) in [4.78, 5) is 16.8. The van der Waals surface area contributed by atoms with E-state index in [9.17, 15) is 4.79 Å². The number of aromatic nitrogens is 3. The minimum absolute atomic E-state index is 0.319. The number of nitrogens with zero attached hydrogens (tertiary/aromatic N) is 3. The molecule has 0 unspecified atom stereocenters. The van der Waals surface area contributed by atoms with E-state index in [1.165, 1.54) is 5.56 Å². The van der Waals surface area contributed by atoms with Gasteiger partial charge in [-0.3, -0.25) is 8.97 Å². The lowest BCUT2D eigenvalue weighted by Gasteiger charge is -2.10. The number of halogens is 1. The van der Waals surface area contributed by atoms with Crippen molar-refractivity contribution < 1.29 is 9.53 Å². The quantitative estimate of drug-likeness (QED) is 0.330. The van der Waals surface area contributed by atoms with Crippen LogP contribution >= 0.6 is 22.6 Å². The largest absolute Gasteiger partial charge is 0.461 e. The molecule has 2 aromatic carbocycles. The third-order valence-corrected chi connectivity index (χ3v) is 5.26. The van der Waals surface area contributed by atoms with E-state index in [4.69, 9.17) is 4.74 Å². The summed E-state index contributed by atoms with van der Waals surface area (Å²) < 4.78 is 10.4. The van der Waals surface area contributed by atoms with Crippen LogP contribution in [0.5, 0.6) is 0 Å². The molecule has 0 N–H and O–H groups in total. The number of rotatable bonds is 3. The van der Waals surface area contributed by atoms with Crippen molar-refractivity contribution >= 4 is 45.2 Å². The summed E-state index contributed by atoms with van der Waals surface area (Å²) >= 11 is 2.34. The first kappa shape index (κ1) is 17.1. The van der Waals surface area contributed by atoms with E-state index in [0.29, 0.717) is 12.3 Å². The number of esters is 1. The van der Waals surface area contributed by atoms with Gasteiger partial charge in [0, 0.05) is 3.57 Å². The van der Waals surface area contributed by atoms with Crippen LogP contribution < -0.4 is 0 Å². The number of ether oxygens (including phenoxy) is 1. The summed E-state index contributed by atoms with van der Waals surface area (Å²) in [6, 6.07) is 12.6. The van der Waals surface area contributed by atoms with Gasteiger partial charge in [-0.1, -0.05) is 12.1 Å². The number of fused-ring (bicyclic) bond motifs is 3. The van der Waals surface area contributed by atoms with Crippen molar-refractivity contribution in [2.45, 2.75) is 20.8 Å². The second kappa shape index (κ2) is 6.42. The van der Waals surface area contributed by atoms with Crippen molar-refractivity contribution in [3.8, 4) is 5.69 Å². The van der Waals surface area contributed by atoms with Crippen LogP contribution in [0.3, 0.4) is 0 Å². The number of carbonyl (C=O) groups is 1. The van der Waals surface area contributed by atoms with Crippen LogP contribution in [0.1, 0.15) is 28.5 Å². The molecule has 4 rings (SSSR count). The zero-order valence-electron chi connectivity index (χ0n) is 14.8. The van der Waals surface area contributed by atoms with Gasteiger partial charge in [0.15, 0.2) is 11.3 Å². The molecule has 0 aliphatic carbocycles. The van der Waals surface area contributed by atoms with Crippen molar-refractivity contribution in [3.05, 3.63) is 63.1 Å². The lowest BCUT2D eigenvalue weighted by atomic mass is 10.2. The van der Waals surface area contributed by atoms with Crippen molar-refractivity contribution in [1.82, 2.24) is 14.0 Å². The summed E-state index contributed by atoms with van der Waals surface area (Å²) in [6.45, 7) is 6.26. The first-order valence-corrected chi connectivity index (χ1v) is 9.51. The molecule has 132 valence electrons. The Hall–Kier alpha value is -2.35. The zero-order valence-corrected chi connectivity index (χ0v) is 16.9. The molecule has 2 heterocycles. The Morgan fingerprint density at radius 1 is 1.12 bits per heavy atom. The fraction of sp³-hybridized carbons (Fsp3) is 0.200. The van der Waals surface area contributed by atoms with Crippen LogP contribution in [-0.4, -0.2) is 26.5 Å². The Kier molecular flexibility index (Phi) is 4.22. The molecule has 0 radical (unpaired) electrons. The van der Waals surface area contributed by atoms with Gasteiger partial charge in [0.2, 0.25) is 0 Å². The standard InChI is InChI=1S/C20H18IN3O2/c1-4-26-20(25)18-19-23(11-22-18)16-8-6-13(3)10-17(16)24(19)15-7-5-12(2)9-14(15)21/h5-11H,4H2,1-3H3. The molecule has 5 nitrogen and oxygen atoms in total. The first-order valence-electron chi connectivity index (χ1n) is 8.43. The highest BCUT2D eigenvalue weighted by Crippen LogP contribution is 2.30. The van der Waals surface area contributed by atoms with Gasteiger partial charge in [0.1, 0.15) is 6.33 Å². The molecule has 0 saturated carbocycles. The smallest absolute Gasteiger partial charge is 0.360 e. The summed E-state index contributed by atoms with van der Waals surface area (Å²) in [7, 11) is 0. The second-order valence-corrected chi connectivity index (χ2v) is 7.45. The van der Waals surface area contributed by atoms with Crippen LogP contribution in [0.15, 0.2) is 42.7 Å². The predicted octanol–water partition coefficient (Wildman–Crippen LogP) is 4.68. The predicted molar refractivity (Wildman–Crippen MR) is 110 cm³/mol. The van der Waals surface area contributed by atoms with Crippen LogP contribution in [0.2, 0.25) is 0 Å². The van der Waals surface area contributed by atoms with Gasteiger partial charge in [0.25, 0.3) is 0 Å². The molecule has 0 fully saturated rings. The number of imidazole rings is 2. The first-order chi connectivity index (χ1) is 12.5. The summed E-state index contributed by atoms with van der Waals surface area (Å²) in [5.74, 6) is -0.405. The molecule has 0 bridgehead atoms. The summed E-state index contributed by atoms with van der Waals surface area (Å²) in [5.41, 5.74) is 6.48. The van der Waals surface area contributed by atoms with Gasteiger partial charge in [-0.05, 0) is 78.8 Å². The normalized spacial score (nSPS) is 11.4. The molecule has 0 saturated heterocycles. The van der Waals surface area contributed by atoms with Crippen molar-refractivity contribution in [3.63, 3.8) is 0 Å². The number of hydrogen-bond donors (Lipinski definition) is 0. The summed E-state index contributed by atoms with van der Waals surface area (Å²) in [5, 5.41) is 0. The van der Waals surface area contributed by atoms with Crippen LogP contribution in [0.4, 0.5) is 0 Å². The average Bonchev–Trinajstić information content (AvgIpc) is 3.13. The lowest BCUT2D eigenvalue weighted by molar-refractivity contribution is 0.0522. The molecular weight excluding hydrogens is 441 g/mol. The Labute approximate surface area is 164 Å². The lowest BCUT2D eigenvalue weighted by Crippen LogP contribution is -2.08. The molecule has 26 heavy (non-hydrogen) atoms. The molecule has 4 aromatic rings. The third-order valence-electron chi connectivity index (χ3n) is 4.40. The molecule has 0 aliphatic heterocycles. The van der Waals surface area contributed by atoms with Gasteiger partial charge in [-0.2, -0.15) is 0 Å². The second-order valence-electron chi connectivity index (χ2n) is 6.29. The monoisotopic (exact) mass is 459 g/mol. The number of hydrogen-bond acceptors (Lipinski definition) is 3. The maximum atomic E-state index is 12.5. The molecule has 6 heteroatoms. The Morgan fingerprint density at radius 3 is 2.58 bits per heavy atom. The van der Waals surface area contributed by atoms with Crippen LogP contribution in [-0.2, 0) is 4.74 Å². The Morgan fingerprint density at radius 2 is 1.85 bits per heavy atom. The Balaban J connectivity index is 2.14. The van der Waals surface area contributed by atoms with E-state index < -0.39 is 5.97 Å². The molecule has 0 spiro atoms. The highest BCUT2D eigenvalue weighted by atomic mass is 127. The highest BCUT2D eigenvalue weighted by Gasteiger charge is 2.23. The fourth-order valence-electron chi connectivity index (χ4n) is 3.24. The van der Waals surface area contributed by atoms with Crippen molar-refractivity contribution in [2.75, 3.05) is 6.61 Å². The molecule has 2 aromatic heterocycles. The third kappa shape index (κ3) is 2.59. The highest BCUT2D eigenvalue weighted by molar-refractivity contribution is 14.1. The van der Waals surface area contributed by atoms with E-state index in [0.717, 1.165) is 31.5 Å². The summed E-state index contributed by atoms with van der Waals surface area (Å²) in [6.07, 6.45) is 1.69. The minimum atomic E-state index is -0.405. The van der Waals surface area contributed by atoms with E-state index in [1.807, 2.05) is 4.40 Å². The average molecular weight is 459 g/mol. The van der Waals surface area contributed by atoms with E-state index in [-0.39, 0.29) is 0 Å². The fourth-order valence-corrected chi connectivity index (χ4v) is 4.16. The molecule has 0 aliphatic rings. The van der Waals surface area contributed by atoms with Crippen LogP contribution in [0, 0.1) is 17.4 Å². The van der Waals surface area contributed by atoms with E-state index in [1.54, 1.807) is 13.3 Å². The minimum Gasteiger partial charge on any atom is -0.461 e. The van der Waals surface area contributed by atoms with Gasteiger partial charge >= 0.3 is 5.97 Å². The van der Waals surface area contributed by atoms with E-state index >= 15 is 0 Å². The topological polar surface area (TPSA) is 48.5 Å². The van der Waals surface area contributed by atoms with Crippen LogP contribution in [0.25, 0.3) is 22.4 Å². The van der Waals surface area contributed by atoms with Gasteiger partial charge in [-0.25, -0.2) is 9.78 Å². The van der Waals surface area contributed by atoms with E-state index in [2.05, 4.69) is 82.4 Å². The molecule has 0 atom stereocenters. The Bertz CT molecular complexity index is 1160. The maximum absolute atomic E-state index is 12.5. The zero-order chi connectivity index (χ0) is 18.4. The van der Waals surface area contributed by atoms with Crippen molar-refractivity contribution in [2.24, 2.45) is 0 Å². The van der Waals surface area contributed by atoms with Gasteiger partial charge < -0.3 is 4.74 Å². The van der Waals surface area contributed by atoms with Crippen molar-refractivity contribution in [1.29, 1.82) is 0 Å². The SMILES string of the molecule is CCOC(=O)c1ncn2c3ccc(C)cc3n(-c3ccc(C)cc3I)c12. The molecular formula is C20H18IN3O2.